The molecule has 116 valence electrons. The second kappa shape index (κ2) is 10.9. The summed E-state index contributed by atoms with van der Waals surface area (Å²) in [5.74, 6) is 6.75. The molecule has 3 heteroatoms. The van der Waals surface area contributed by atoms with Gasteiger partial charge in [-0.2, -0.15) is 0 Å². The first-order valence-electron chi connectivity index (χ1n) is 8.35. The Morgan fingerprint density at radius 3 is 2.30 bits per heavy atom. The summed E-state index contributed by atoms with van der Waals surface area (Å²) in [4.78, 5) is 0. The summed E-state index contributed by atoms with van der Waals surface area (Å²) in [6, 6.07) is 2.29. The molecule has 0 aliphatic rings. The first-order chi connectivity index (χ1) is 9.83. The van der Waals surface area contributed by atoms with E-state index in [1.54, 1.807) is 6.26 Å². The zero-order valence-electron chi connectivity index (χ0n) is 13.3. The third kappa shape index (κ3) is 6.10. The number of hydrogen-bond donors (Lipinski definition) is 2. The molecule has 0 saturated heterocycles. The van der Waals surface area contributed by atoms with E-state index in [0.29, 0.717) is 0 Å². The van der Waals surface area contributed by atoms with Crippen molar-refractivity contribution in [2.75, 3.05) is 0 Å². The van der Waals surface area contributed by atoms with Crippen LogP contribution in [-0.4, -0.2) is 0 Å². The van der Waals surface area contributed by atoms with Gasteiger partial charge in [0.1, 0.15) is 5.76 Å². The number of nitrogens with one attached hydrogen (secondary N) is 1. The van der Waals surface area contributed by atoms with Gasteiger partial charge in [-0.1, -0.05) is 65.2 Å². The molecule has 0 aliphatic heterocycles. The maximum absolute atomic E-state index is 5.69. The van der Waals surface area contributed by atoms with Crippen molar-refractivity contribution >= 4 is 0 Å². The fourth-order valence-corrected chi connectivity index (χ4v) is 2.76. The fraction of sp³-hybridized carbons (Fsp3) is 0.765. The van der Waals surface area contributed by atoms with E-state index in [1.807, 2.05) is 6.07 Å². The molecular formula is C17H32N2O. The van der Waals surface area contributed by atoms with Crippen LogP contribution in [0.15, 0.2) is 16.7 Å². The highest BCUT2D eigenvalue weighted by Gasteiger charge is 2.15. The van der Waals surface area contributed by atoms with Crippen molar-refractivity contribution in [3.63, 3.8) is 0 Å². The van der Waals surface area contributed by atoms with E-state index in [0.717, 1.165) is 18.6 Å². The lowest BCUT2D eigenvalue weighted by atomic mass is 9.99. The van der Waals surface area contributed by atoms with Gasteiger partial charge in [0.05, 0.1) is 6.26 Å². The lowest BCUT2D eigenvalue weighted by Crippen LogP contribution is -2.28. The van der Waals surface area contributed by atoms with Crippen LogP contribution in [0.25, 0.3) is 0 Å². The van der Waals surface area contributed by atoms with Crippen molar-refractivity contribution in [3.8, 4) is 0 Å². The molecule has 1 atom stereocenters. The lowest BCUT2D eigenvalue weighted by molar-refractivity contribution is 0.454. The second-order valence-electron chi connectivity index (χ2n) is 5.64. The molecule has 1 unspecified atom stereocenters. The molecule has 0 aliphatic carbocycles. The van der Waals surface area contributed by atoms with E-state index in [-0.39, 0.29) is 6.04 Å². The van der Waals surface area contributed by atoms with Gasteiger partial charge in [-0.05, 0) is 12.5 Å². The molecule has 1 aromatic heterocycles. The molecular weight excluding hydrogens is 248 g/mol. The zero-order valence-corrected chi connectivity index (χ0v) is 13.3. The highest BCUT2D eigenvalue weighted by Crippen LogP contribution is 2.24. The normalized spacial score (nSPS) is 12.8. The Balaban J connectivity index is 2.16. The van der Waals surface area contributed by atoms with E-state index in [2.05, 4.69) is 19.3 Å². The van der Waals surface area contributed by atoms with Crippen LogP contribution < -0.4 is 11.3 Å². The Morgan fingerprint density at radius 1 is 1.05 bits per heavy atom. The van der Waals surface area contributed by atoms with Gasteiger partial charge in [0.15, 0.2) is 0 Å². The fourth-order valence-electron chi connectivity index (χ4n) is 2.76. The van der Waals surface area contributed by atoms with Gasteiger partial charge in [0.25, 0.3) is 0 Å². The SMILES string of the molecule is CCCCCCCCCCC(NN)c1ccoc1CC. The van der Waals surface area contributed by atoms with Crippen LogP contribution in [0.1, 0.15) is 89.0 Å². The Hall–Kier alpha value is -0.800. The molecule has 3 N–H and O–H groups in total. The monoisotopic (exact) mass is 280 g/mol. The zero-order chi connectivity index (χ0) is 14.6. The van der Waals surface area contributed by atoms with Crippen LogP contribution in [0.2, 0.25) is 0 Å². The van der Waals surface area contributed by atoms with Crippen LogP contribution >= 0.6 is 0 Å². The molecule has 3 nitrogen and oxygen atoms in total. The van der Waals surface area contributed by atoms with E-state index >= 15 is 0 Å². The molecule has 1 rings (SSSR count). The summed E-state index contributed by atoms with van der Waals surface area (Å²) in [6.07, 6.45) is 14.6. The molecule has 0 fully saturated rings. The number of nitrogens with two attached hydrogens (primary N) is 1. The minimum absolute atomic E-state index is 0.240. The molecule has 0 radical (unpaired) electrons. The predicted molar refractivity (Wildman–Crippen MR) is 85.4 cm³/mol. The van der Waals surface area contributed by atoms with Crippen LogP contribution in [0, 0.1) is 0 Å². The highest BCUT2D eigenvalue weighted by molar-refractivity contribution is 5.21. The Bertz CT molecular complexity index is 335. The first kappa shape index (κ1) is 17.3. The number of furan rings is 1. The van der Waals surface area contributed by atoms with E-state index in [4.69, 9.17) is 10.3 Å². The van der Waals surface area contributed by atoms with Crippen LogP contribution in [0.3, 0.4) is 0 Å². The quantitative estimate of drug-likeness (QED) is 0.326. The van der Waals surface area contributed by atoms with Crippen molar-refractivity contribution in [1.29, 1.82) is 0 Å². The number of aryl methyl sites for hydroxylation is 1. The van der Waals surface area contributed by atoms with Gasteiger partial charge < -0.3 is 4.42 Å². The molecule has 20 heavy (non-hydrogen) atoms. The van der Waals surface area contributed by atoms with Gasteiger partial charge in [0, 0.05) is 18.0 Å². The van der Waals surface area contributed by atoms with Crippen LogP contribution in [0.4, 0.5) is 0 Å². The minimum Gasteiger partial charge on any atom is -0.469 e. The Morgan fingerprint density at radius 2 is 1.70 bits per heavy atom. The summed E-state index contributed by atoms with van der Waals surface area (Å²) in [7, 11) is 0. The number of hydrogen-bond acceptors (Lipinski definition) is 3. The molecule has 1 heterocycles. The van der Waals surface area contributed by atoms with E-state index < -0.39 is 0 Å². The van der Waals surface area contributed by atoms with Gasteiger partial charge in [-0.15, -0.1) is 0 Å². The summed E-state index contributed by atoms with van der Waals surface area (Å²) < 4.78 is 5.48. The smallest absolute Gasteiger partial charge is 0.108 e. The molecule has 1 aromatic rings. The van der Waals surface area contributed by atoms with Crippen molar-refractivity contribution in [2.45, 2.75) is 84.1 Å². The van der Waals surface area contributed by atoms with Crippen LogP contribution in [0.5, 0.6) is 0 Å². The van der Waals surface area contributed by atoms with E-state index in [9.17, 15) is 0 Å². The molecule has 0 aromatic carbocycles. The van der Waals surface area contributed by atoms with Gasteiger partial charge in [-0.3, -0.25) is 11.3 Å². The summed E-state index contributed by atoms with van der Waals surface area (Å²) >= 11 is 0. The molecule has 0 bridgehead atoms. The maximum atomic E-state index is 5.69. The third-order valence-corrected chi connectivity index (χ3v) is 4.02. The number of rotatable bonds is 12. The maximum Gasteiger partial charge on any atom is 0.108 e. The average Bonchev–Trinajstić information content (AvgIpc) is 2.94. The molecule has 0 amide bonds. The average molecular weight is 280 g/mol. The second-order valence-corrected chi connectivity index (χ2v) is 5.64. The largest absolute Gasteiger partial charge is 0.469 e. The lowest BCUT2D eigenvalue weighted by Gasteiger charge is -2.15. The highest BCUT2D eigenvalue weighted by atomic mass is 16.3. The predicted octanol–water partition coefficient (Wildman–Crippen LogP) is 4.88. The summed E-state index contributed by atoms with van der Waals surface area (Å²) in [6.45, 7) is 4.38. The van der Waals surface area contributed by atoms with Gasteiger partial charge in [-0.25, -0.2) is 0 Å². The Kier molecular flexibility index (Phi) is 9.42. The number of hydrazine groups is 1. The van der Waals surface area contributed by atoms with Gasteiger partial charge in [0.2, 0.25) is 0 Å². The first-order valence-corrected chi connectivity index (χ1v) is 8.35. The number of unbranched alkanes of at least 4 members (excludes halogenated alkanes) is 7. The standard InChI is InChI=1S/C17H32N2O/c1-3-5-6-7-8-9-10-11-12-16(19-18)15-13-14-20-17(15)4-2/h13-14,16,19H,3-12,18H2,1-2H3. The topological polar surface area (TPSA) is 51.2 Å². The van der Waals surface area contributed by atoms with Crippen molar-refractivity contribution in [2.24, 2.45) is 5.84 Å². The summed E-state index contributed by atoms with van der Waals surface area (Å²) in [5.41, 5.74) is 4.17. The Labute approximate surface area is 124 Å². The third-order valence-electron chi connectivity index (χ3n) is 4.02. The summed E-state index contributed by atoms with van der Waals surface area (Å²) in [5, 5.41) is 0. The van der Waals surface area contributed by atoms with Crippen molar-refractivity contribution in [3.05, 3.63) is 23.7 Å². The van der Waals surface area contributed by atoms with Crippen molar-refractivity contribution < 1.29 is 4.42 Å². The minimum atomic E-state index is 0.240. The van der Waals surface area contributed by atoms with Crippen LogP contribution in [-0.2, 0) is 6.42 Å². The molecule has 0 saturated carbocycles. The molecule has 0 spiro atoms. The van der Waals surface area contributed by atoms with E-state index in [1.165, 1.54) is 56.9 Å². The van der Waals surface area contributed by atoms with Gasteiger partial charge >= 0.3 is 0 Å². The van der Waals surface area contributed by atoms with Crippen molar-refractivity contribution in [1.82, 2.24) is 5.43 Å².